The minimum atomic E-state index is -0.105. The number of nitrogens with one attached hydrogen (secondary N) is 1. The Labute approximate surface area is 116 Å². The predicted molar refractivity (Wildman–Crippen MR) is 78.9 cm³/mol. The molecule has 1 aliphatic rings. The zero-order chi connectivity index (χ0) is 13.8. The number of hydrogen-bond acceptors (Lipinski definition) is 2. The van der Waals surface area contributed by atoms with Gasteiger partial charge in [0.15, 0.2) is 0 Å². The third kappa shape index (κ3) is 4.50. The van der Waals surface area contributed by atoms with Gasteiger partial charge in [0.05, 0.1) is 5.69 Å². The molecule has 2 rings (SSSR count). The third-order valence-corrected chi connectivity index (χ3v) is 3.53. The molecule has 0 amide bonds. The average molecular weight is 264 g/mol. The molecular formula is C16H25FN2. The number of anilines is 1. The SMILES string of the molecule is CC(C)CNCc1ccc(N(C)CC2CC2)c(F)c1. The van der Waals surface area contributed by atoms with Gasteiger partial charge in [0.25, 0.3) is 0 Å². The van der Waals surface area contributed by atoms with Crippen molar-refractivity contribution in [3.63, 3.8) is 0 Å². The van der Waals surface area contributed by atoms with Gasteiger partial charge < -0.3 is 10.2 Å². The van der Waals surface area contributed by atoms with Crippen LogP contribution in [-0.4, -0.2) is 20.1 Å². The van der Waals surface area contributed by atoms with Crippen LogP contribution in [0, 0.1) is 17.7 Å². The highest BCUT2D eigenvalue weighted by atomic mass is 19.1. The molecule has 1 aromatic rings. The molecule has 0 spiro atoms. The van der Waals surface area contributed by atoms with E-state index in [1.54, 1.807) is 6.07 Å². The first-order chi connectivity index (χ1) is 9.06. The van der Waals surface area contributed by atoms with Crippen molar-refractivity contribution in [3.05, 3.63) is 29.6 Å². The van der Waals surface area contributed by atoms with Crippen LogP contribution in [0.3, 0.4) is 0 Å². The molecule has 0 unspecified atom stereocenters. The molecule has 0 radical (unpaired) electrons. The van der Waals surface area contributed by atoms with Gasteiger partial charge in [-0.05, 0) is 48.9 Å². The summed E-state index contributed by atoms with van der Waals surface area (Å²) in [5.41, 5.74) is 1.74. The summed E-state index contributed by atoms with van der Waals surface area (Å²) in [7, 11) is 1.98. The van der Waals surface area contributed by atoms with Crippen LogP contribution in [0.5, 0.6) is 0 Å². The first-order valence-electron chi connectivity index (χ1n) is 7.26. The molecule has 3 heteroatoms. The van der Waals surface area contributed by atoms with E-state index in [0.717, 1.165) is 36.8 Å². The highest BCUT2D eigenvalue weighted by Gasteiger charge is 2.23. The van der Waals surface area contributed by atoms with E-state index < -0.39 is 0 Å². The molecule has 0 atom stereocenters. The van der Waals surface area contributed by atoms with Gasteiger partial charge in [0.2, 0.25) is 0 Å². The van der Waals surface area contributed by atoms with E-state index in [-0.39, 0.29) is 5.82 Å². The summed E-state index contributed by atoms with van der Waals surface area (Å²) in [4.78, 5) is 2.04. The Balaban J connectivity index is 1.91. The van der Waals surface area contributed by atoms with Crippen molar-refractivity contribution in [3.8, 4) is 0 Å². The summed E-state index contributed by atoms with van der Waals surface area (Å²) < 4.78 is 14.1. The monoisotopic (exact) mass is 264 g/mol. The molecule has 0 aromatic heterocycles. The highest BCUT2D eigenvalue weighted by molar-refractivity contribution is 5.48. The topological polar surface area (TPSA) is 15.3 Å². The average Bonchev–Trinajstić information content (AvgIpc) is 3.12. The second-order valence-electron chi connectivity index (χ2n) is 6.13. The quantitative estimate of drug-likeness (QED) is 0.812. The lowest BCUT2D eigenvalue weighted by molar-refractivity contribution is 0.550. The smallest absolute Gasteiger partial charge is 0.146 e. The van der Waals surface area contributed by atoms with Gasteiger partial charge >= 0.3 is 0 Å². The molecule has 0 heterocycles. The number of halogens is 1. The van der Waals surface area contributed by atoms with Gasteiger partial charge in [-0.25, -0.2) is 4.39 Å². The van der Waals surface area contributed by atoms with E-state index in [9.17, 15) is 4.39 Å². The third-order valence-electron chi connectivity index (χ3n) is 3.53. The molecule has 1 fully saturated rings. The maximum absolute atomic E-state index is 14.1. The van der Waals surface area contributed by atoms with Crippen molar-refractivity contribution in [2.45, 2.75) is 33.2 Å². The lowest BCUT2D eigenvalue weighted by Crippen LogP contribution is -2.22. The predicted octanol–water partition coefficient (Wildman–Crippen LogP) is 3.42. The van der Waals surface area contributed by atoms with Crippen LogP contribution in [0.15, 0.2) is 18.2 Å². The lowest BCUT2D eigenvalue weighted by atomic mass is 10.1. The van der Waals surface area contributed by atoms with E-state index in [1.165, 1.54) is 12.8 Å². The Morgan fingerprint density at radius 1 is 1.37 bits per heavy atom. The molecule has 0 aliphatic heterocycles. The number of hydrogen-bond donors (Lipinski definition) is 1. The largest absolute Gasteiger partial charge is 0.372 e. The second kappa shape index (κ2) is 6.38. The Kier molecular flexibility index (Phi) is 4.81. The molecular weight excluding hydrogens is 239 g/mol. The number of nitrogens with zero attached hydrogens (tertiary/aromatic N) is 1. The zero-order valence-electron chi connectivity index (χ0n) is 12.2. The van der Waals surface area contributed by atoms with E-state index in [4.69, 9.17) is 0 Å². The van der Waals surface area contributed by atoms with Crippen LogP contribution in [0.2, 0.25) is 0 Å². The van der Waals surface area contributed by atoms with E-state index in [0.29, 0.717) is 5.92 Å². The lowest BCUT2D eigenvalue weighted by Gasteiger charge is -2.20. The summed E-state index contributed by atoms with van der Waals surface area (Å²) in [6, 6.07) is 5.59. The van der Waals surface area contributed by atoms with Crippen molar-refractivity contribution >= 4 is 5.69 Å². The van der Waals surface area contributed by atoms with Crippen molar-refractivity contribution in [1.29, 1.82) is 0 Å². The van der Waals surface area contributed by atoms with Crippen molar-refractivity contribution in [2.24, 2.45) is 11.8 Å². The first kappa shape index (κ1) is 14.3. The fraction of sp³-hybridized carbons (Fsp3) is 0.625. The minimum absolute atomic E-state index is 0.105. The fourth-order valence-corrected chi connectivity index (χ4v) is 2.26. The molecule has 1 aliphatic carbocycles. The number of rotatable bonds is 7. The van der Waals surface area contributed by atoms with Gasteiger partial charge in [-0.15, -0.1) is 0 Å². The van der Waals surface area contributed by atoms with Crippen LogP contribution in [0.1, 0.15) is 32.3 Å². The van der Waals surface area contributed by atoms with E-state index in [1.807, 2.05) is 24.1 Å². The highest BCUT2D eigenvalue weighted by Crippen LogP contribution is 2.31. The van der Waals surface area contributed by atoms with Crippen molar-refractivity contribution in [2.75, 3.05) is 25.0 Å². The second-order valence-corrected chi connectivity index (χ2v) is 6.13. The van der Waals surface area contributed by atoms with Gasteiger partial charge in [-0.3, -0.25) is 0 Å². The molecule has 19 heavy (non-hydrogen) atoms. The van der Waals surface area contributed by atoms with Gasteiger partial charge in [-0.2, -0.15) is 0 Å². The Morgan fingerprint density at radius 2 is 2.11 bits per heavy atom. The first-order valence-corrected chi connectivity index (χ1v) is 7.26. The Morgan fingerprint density at radius 3 is 2.68 bits per heavy atom. The zero-order valence-corrected chi connectivity index (χ0v) is 12.2. The van der Waals surface area contributed by atoms with Crippen molar-refractivity contribution in [1.82, 2.24) is 5.32 Å². The van der Waals surface area contributed by atoms with Gasteiger partial charge in [0, 0.05) is 20.1 Å². The van der Waals surface area contributed by atoms with Crippen LogP contribution < -0.4 is 10.2 Å². The molecule has 2 nitrogen and oxygen atoms in total. The Hall–Kier alpha value is -1.09. The molecule has 1 saturated carbocycles. The molecule has 1 aromatic carbocycles. The van der Waals surface area contributed by atoms with E-state index >= 15 is 0 Å². The van der Waals surface area contributed by atoms with Crippen LogP contribution in [-0.2, 0) is 6.54 Å². The van der Waals surface area contributed by atoms with Gasteiger partial charge in [0.1, 0.15) is 5.82 Å². The van der Waals surface area contributed by atoms with Crippen LogP contribution in [0.4, 0.5) is 10.1 Å². The van der Waals surface area contributed by atoms with Crippen LogP contribution >= 0.6 is 0 Å². The fourth-order valence-electron chi connectivity index (χ4n) is 2.26. The maximum Gasteiger partial charge on any atom is 0.146 e. The standard InChI is InChI=1S/C16H25FN2/c1-12(2)9-18-10-14-6-7-16(15(17)8-14)19(3)11-13-4-5-13/h6-8,12-13,18H,4-5,9-11H2,1-3H3. The summed E-state index contributed by atoms with van der Waals surface area (Å²) in [5, 5.41) is 3.34. The molecule has 0 bridgehead atoms. The summed E-state index contributed by atoms with van der Waals surface area (Å²) >= 11 is 0. The summed E-state index contributed by atoms with van der Waals surface area (Å²) in [6.45, 7) is 7.02. The van der Waals surface area contributed by atoms with Crippen molar-refractivity contribution < 1.29 is 4.39 Å². The summed E-state index contributed by atoms with van der Waals surface area (Å²) in [5.74, 6) is 1.29. The summed E-state index contributed by atoms with van der Waals surface area (Å²) in [6.07, 6.45) is 2.59. The normalized spacial score (nSPS) is 15.0. The van der Waals surface area contributed by atoms with Crippen LogP contribution in [0.25, 0.3) is 0 Å². The van der Waals surface area contributed by atoms with Gasteiger partial charge in [-0.1, -0.05) is 19.9 Å². The molecule has 1 N–H and O–H groups in total. The maximum atomic E-state index is 14.1. The number of benzene rings is 1. The molecule has 106 valence electrons. The molecule has 0 saturated heterocycles. The minimum Gasteiger partial charge on any atom is -0.372 e. The Bertz CT molecular complexity index is 413. The van der Waals surface area contributed by atoms with E-state index in [2.05, 4.69) is 19.2 Å².